The van der Waals surface area contributed by atoms with Crippen LogP contribution in [0.1, 0.15) is 51.5 Å². The second-order valence-corrected chi connectivity index (χ2v) is 5.12. The number of carbonyl (C=O) groups excluding carboxylic acids is 1. The molecule has 0 aliphatic heterocycles. The molecule has 1 amide bonds. The summed E-state index contributed by atoms with van der Waals surface area (Å²) in [7, 11) is 0. The first kappa shape index (κ1) is 15.5. The van der Waals surface area contributed by atoms with E-state index in [0.717, 1.165) is 12.8 Å². The van der Waals surface area contributed by atoms with Gasteiger partial charge in [0.1, 0.15) is 5.75 Å². The lowest BCUT2D eigenvalue weighted by molar-refractivity contribution is -0.121. The van der Waals surface area contributed by atoms with Crippen LogP contribution >= 0.6 is 0 Å². The third kappa shape index (κ3) is 6.27. The molecule has 1 aromatic carbocycles. The molecule has 1 rings (SSSR count). The van der Waals surface area contributed by atoms with Crippen LogP contribution in [0.5, 0.6) is 5.75 Å². The molecule has 0 bridgehead atoms. The van der Waals surface area contributed by atoms with Gasteiger partial charge in [0, 0.05) is 11.6 Å². The van der Waals surface area contributed by atoms with Gasteiger partial charge in [0.05, 0.1) is 6.42 Å². The summed E-state index contributed by atoms with van der Waals surface area (Å²) >= 11 is 0. The average molecular weight is 263 g/mol. The highest BCUT2D eigenvalue weighted by Crippen LogP contribution is 2.16. The molecular weight excluding hydrogens is 238 g/mol. The summed E-state index contributed by atoms with van der Waals surface area (Å²) in [4.78, 5) is 11.8. The number of unbranched alkanes of at least 4 members (excludes halogenated alkanes) is 3. The summed E-state index contributed by atoms with van der Waals surface area (Å²) in [6, 6.07) is 7.18. The van der Waals surface area contributed by atoms with Crippen LogP contribution in [0.4, 0.5) is 0 Å². The van der Waals surface area contributed by atoms with Gasteiger partial charge in [-0.3, -0.25) is 4.79 Å². The van der Waals surface area contributed by atoms with Crippen LogP contribution in [-0.4, -0.2) is 17.1 Å². The van der Waals surface area contributed by atoms with Gasteiger partial charge in [-0.15, -0.1) is 0 Å². The smallest absolute Gasteiger partial charge is 0.224 e. The van der Waals surface area contributed by atoms with Crippen LogP contribution in [0.2, 0.25) is 0 Å². The van der Waals surface area contributed by atoms with Crippen LogP contribution in [0.3, 0.4) is 0 Å². The number of para-hydroxylation sites is 1. The quantitative estimate of drug-likeness (QED) is 0.706. The van der Waals surface area contributed by atoms with Crippen molar-refractivity contribution in [2.45, 2.75) is 58.4 Å². The third-order valence-corrected chi connectivity index (χ3v) is 3.24. The molecule has 0 heterocycles. The molecule has 106 valence electrons. The van der Waals surface area contributed by atoms with Crippen LogP contribution in [0.15, 0.2) is 24.3 Å². The highest BCUT2D eigenvalue weighted by atomic mass is 16.3. The van der Waals surface area contributed by atoms with E-state index in [-0.39, 0.29) is 24.1 Å². The molecule has 0 aliphatic rings. The Balaban J connectivity index is 2.29. The van der Waals surface area contributed by atoms with Crippen molar-refractivity contribution < 1.29 is 9.90 Å². The summed E-state index contributed by atoms with van der Waals surface area (Å²) in [6.45, 7) is 4.23. The van der Waals surface area contributed by atoms with Crippen molar-refractivity contribution in [3.63, 3.8) is 0 Å². The lowest BCUT2D eigenvalue weighted by Gasteiger charge is -2.14. The fourth-order valence-corrected chi connectivity index (χ4v) is 2.11. The zero-order valence-corrected chi connectivity index (χ0v) is 12.0. The Hall–Kier alpha value is -1.51. The molecule has 1 aromatic rings. The van der Waals surface area contributed by atoms with E-state index in [2.05, 4.69) is 12.2 Å². The maximum atomic E-state index is 11.8. The van der Waals surface area contributed by atoms with E-state index in [4.69, 9.17) is 0 Å². The molecule has 1 unspecified atom stereocenters. The van der Waals surface area contributed by atoms with Gasteiger partial charge in [-0.05, 0) is 19.4 Å². The molecule has 1 atom stereocenters. The second-order valence-electron chi connectivity index (χ2n) is 5.12. The van der Waals surface area contributed by atoms with E-state index in [1.165, 1.54) is 19.3 Å². The van der Waals surface area contributed by atoms with Crippen LogP contribution in [0.25, 0.3) is 0 Å². The van der Waals surface area contributed by atoms with Crippen molar-refractivity contribution in [2.75, 3.05) is 0 Å². The molecule has 0 aliphatic carbocycles. The maximum absolute atomic E-state index is 11.8. The maximum Gasteiger partial charge on any atom is 0.224 e. The molecule has 0 saturated carbocycles. The lowest BCUT2D eigenvalue weighted by atomic mass is 10.1. The fraction of sp³-hybridized carbons (Fsp3) is 0.562. The van der Waals surface area contributed by atoms with Crippen LogP contribution in [-0.2, 0) is 11.2 Å². The van der Waals surface area contributed by atoms with Gasteiger partial charge in [-0.2, -0.15) is 0 Å². The van der Waals surface area contributed by atoms with Gasteiger partial charge in [0.2, 0.25) is 5.91 Å². The lowest BCUT2D eigenvalue weighted by Crippen LogP contribution is -2.33. The zero-order chi connectivity index (χ0) is 14.1. The Morgan fingerprint density at radius 2 is 2.00 bits per heavy atom. The number of phenols is 1. The SMILES string of the molecule is CCCCCCC(C)NC(=O)Cc1ccccc1O. The van der Waals surface area contributed by atoms with E-state index in [9.17, 15) is 9.90 Å². The Bertz CT molecular complexity index is 390. The number of benzene rings is 1. The number of rotatable bonds is 8. The minimum atomic E-state index is -0.0236. The molecule has 3 heteroatoms. The highest BCUT2D eigenvalue weighted by molar-refractivity contribution is 5.79. The highest BCUT2D eigenvalue weighted by Gasteiger charge is 2.10. The van der Waals surface area contributed by atoms with Crippen molar-refractivity contribution in [2.24, 2.45) is 0 Å². The summed E-state index contributed by atoms with van der Waals surface area (Å²) in [5.74, 6) is 0.165. The van der Waals surface area contributed by atoms with Crippen LogP contribution < -0.4 is 5.32 Å². The van der Waals surface area contributed by atoms with E-state index < -0.39 is 0 Å². The summed E-state index contributed by atoms with van der Waals surface area (Å²) in [5, 5.41) is 12.6. The summed E-state index contributed by atoms with van der Waals surface area (Å²) < 4.78 is 0. The standard InChI is InChI=1S/C16H25NO2/c1-3-4-5-6-9-13(2)17-16(19)12-14-10-7-8-11-15(14)18/h7-8,10-11,13,18H,3-6,9,12H2,1-2H3,(H,17,19). The molecule has 19 heavy (non-hydrogen) atoms. The largest absolute Gasteiger partial charge is 0.508 e. The van der Waals surface area contributed by atoms with Gasteiger partial charge in [0.15, 0.2) is 0 Å². The Morgan fingerprint density at radius 3 is 2.68 bits per heavy atom. The molecule has 0 saturated heterocycles. The number of phenolic OH excluding ortho intramolecular Hbond substituents is 1. The van der Waals surface area contributed by atoms with Gasteiger partial charge in [0.25, 0.3) is 0 Å². The number of nitrogens with one attached hydrogen (secondary N) is 1. The number of hydrogen-bond donors (Lipinski definition) is 2. The Labute approximate surface area is 116 Å². The third-order valence-electron chi connectivity index (χ3n) is 3.24. The van der Waals surface area contributed by atoms with E-state index >= 15 is 0 Å². The van der Waals surface area contributed by atoms with Gasteiger partial charge < -0.3 is 10.4 Å². The topological polar surface area (TPSA) is 49.3 Å². The minimum absolute atomic E-state index is 0.0236. The fourth-order valence-electron chi connectivity index (χ4n) is 2.11. The number of hydrogen-bond acceptors (Lipinski definition) is 2. The summed E-state index contributed by atoms with van der Waals surface area (Å²) in [5.41, 5.74) is 0.679. The molecular formula is C16H25NO2. The van der Waals surface area contributed by atoms with Gasteiger partial charge >= 0.3 is 0 Å². The van der Waals surface area contributed by atoms with Gasteiger partial charge in [-0.1, -0.05) is 50.8 Å². The number of amides is 1. The monoisotopic (exact) mass is 263 g/mol. The zero-order valence-electron chi connectivity index (χ0n) is 12.0. The van der Waals surface area contributed by atoms with Crippen molar-refractivity contribution in [3.05, 3.63) is 29.8 Å². The number of carbonyl (C=O) groups is 1. The van der Waals surface area contributed by atoms with Crippen molar-refractivity contribution in [1.82, 2.24) is 5.32 Å². The van der Waals surface area contributed by atoms with Crippen molar-refractivity contribution in [1.29, 1.82) is 0 Å². The van der Waals surface area contributed by atoms with E-state index in [1.54, 1.807) is 18.2 Å². The van der Waals surface area contributed by atoms with E-state index in [1.807, 2.05) is 13.0 Å². The van der Waals surface area contributed by atoms with Crippen LogP contribution in [0, 0.1) is 0 Å². The summed E-state index contributed by atoms with van der Waals surface area (Å²) in [6.07, 6.45) is 6.15. The predicted molar refractivity (Wildman–Crippen MR) is 78.2 cm³/mol. The normalized spacial score (nSPS) is 12.1. The Kier molecular flexibility index (Phi) is 7.01. The molecule has 2 N–H and O–H groups in total. The first-order valence-electron chi connectivity index (χ1n) is 7.19. The Morgan fingerprint density at radius 1 is 1.26 bits per heavy atom. The minimum Gasteiger partial charge on any atom is -0.508 e. The van der Waals surface area contributed by atoms with E-state index in [0.29, 0.717) is 5.56 Å². The molecule has 0 radical (unpaired) electrons. The molecule has 0 aromatic heterocycles. The first-order chi connectivity index (χ1) is 9.13. The van der Waals surface area contributed by atoms with Gasteiger partial charge in [-0.25, -0.2) is 0 Å². The average Bonchev–Trinajstić information content (AvgIpc) is 2.37. The number of aromatic hydroxyl groups is 1. The molecule has 0 fully saturated rings. The molecule has 3 nitrogen and oxygen atoms in total. The van der Waals surface area contributed by atoms with Crippen molar-refractivity contribution in [3.8, 4) is 5.75 Å². The van der Waals surface area contributed by atoms with Crippen molar-refractivity contribution >= 4 is 5.91 Å². The predicted octanol–water partition coefficient (Wildman–Crippen LogP) is 3.41. The first-order valence-corrected chi connectivity index (χ1v) is 7.19. The molecule has 0 spiro atoms. The second kappa shape index (κ2) is 8.57.